The molecular weight excluding hydrogens is 202 g/mol. The molecule has 0 aromatic rings. The minimum Gasteiger partial charge on any atom is -1.00 e. The van der Waals surface area contributed by atoms with Crippen molar-refractivity contribution in [3.8, 4) is 0 Å². The molecule has 0 aromatic heterocycles. The van der Waals surface area contributed by atoms with Crippen LogP contribution >= 0.6 is 0 Å². The second kappa shape index (κ2) is 8.86. The van der Waals surface area contributed by atoms with Gasteiger partial charge in [0.1, 0.15) is 6.42 Å². The number of carbonyl (C=O) groups is 4. The molecule has 0 aliphatic rings. The van der Waals surface area contributed by atoms with Crippen LogP contribution in [-0.2, 0) is 19.2 Å². The van der Waals surface area contributed by atoms with Crippen molar-refractivity contribution in [2.45, 2.75) is 6.42 Å². The summed E-state index contributed by atoms with van der Waals surface area (Å²) in [6.45, 7) is 0. The first-order chi connectivity index (χ1) is 4.95. The van der Waals surface area contributed by atoms with Crippen LogP contribution in [0.3, 0.4) is 0 Å². The number of Topliss-reactive ketones (excluding diaryl/α,β-unsaturated/α-hetero) is 2. The number of carboxylic acid groups (broad SMARTS) is 2. The summed E-state index contributed by atoms with van der Waals surface area (Å²) in [6, 6.07) is 0. The first-order valence-electron chi connectivity index (χ1n) is 2.47. The molecule has 0 unspecified atom stereocenters. The summed E-state index contributed by atoms with van der Waals surface area (Å²) in [6.07, 6.45) is -1.08. The van der Waals surface area contributed by atoms with Crippen molar-refractivity contribution in [2.24, 2.45) is 0 Å². The van der Waals surface area contributed by atoms with Gasteiger partial charge in [-0.25, -0.2) is 4.79 Å². The molecule has 0 fully saturated rings. The van der Waals surface area contributed by atoms with Crippen LogP contribution < -0.4 is 59.1 Å². The minimum atomic E-state index is -1.93. The van der Waals surface area contributed by atoms with E-state index < -0.39 is 29.9 Å². The molecule has 0 aliphatic carbocycles. The number of carboxylic acids is 2. The average molecular weight is 208 g/mol. The molecule has 6 nitrogen and oxygen atoms in total. The standard InChI is InChI=1S/C5H4O6.2Na.2H/c6-2(1-3(7)8)4(9)5(10)11;;;;/h1H2,(H,7,8)(H,10,11);;;;/q;2*+1;2*-1. The van der Waals surface area contributed by atoms with Gasteiger partial charge in [0.15, 0.2) is 0 Å². The fraction of sp³-hybridized carbons (Fsp3) is 0.200. The molecule has 0 atom stereocenters. The van der Waals surface area contributed by atoms with Gasteiger partial charge in [0, 0.05) is 0 Å². The number of carbonyl (C=O) groups excluding carboxylic acids is 2. The zero-order chi connectivity index (χ0) is 9.02. The smallest absolute Gasteiger partial charge is 1.00 e. The average Bonchev–Trinajstić information content (AvgIpc) is 1.84. The Kier molecular flexibility index (Phi) is 12.9. The Hall–Kier alpha value is 0.280. The van der Waals surface area contributed by atoms with Crippen LogP contribution in [0.5, 0.6) is 0 Å². The van der Waals surface area contributed by atoms with E-state index >= 15 is 0 Å². The quantitative estimate of drug-likeness (QED) is 0.270. The fourth-order valence-electron chi connectivity index (χ4n) is 0.337. The van der Waals surface area contributed by atoms with E-state index in [1.165, 1.54) is 0 Å². The Morgan fingerprint density at radius 3 is 1.62 bits per heavy atom. The largest absolute Gasteiger partial charge is 1.00 e. The summed E-state index contributed by atoms with van der Waals surface area (Å²) in [5.74, 6) is -6.58. The van der Waals surface area contributed by atoms with Crippen molar-refractivity contribution in [2.75, 3.05) is 0 Å². The van der Waals surface area contributed by atoms with Crippen LogP contribution in [0.15, 0.2) is 0 Å². The Balaban J connectivity index is -0.0000000833. The Morgan fingerprint density at radius 1 is 1.00 bits per heavy atom. The fourth-order valence-corrected chi connectivity index (χ4v) is 0.337. The molecule has 0 heterocycles. The molecule has 0 aromatic carbocycles. The van der Waals surface area contributed by atoms with Crippen LogP contribution in [0, 0.1) is 0 Å². The zero-order valence-electron chi connectivity index (χ0n) is 9.23. The van der Waals surface area contributed by atoms with Gasteiger partial charge in [-0.05, 0) is 0 Å². The van der Waals surface area contributed by atoms with Gasteiger partial charge in [-0.3, -0.25) is 14.4 Å². The summed E-state index contributed by atoms with van der Waals surface area (Å²) in [5, 5.41) is 15.9. The van der Waals surface area contributed by atoms with E-state index in [1.807, 2.05) is 0 Å². The third-order valence-corrected chi connectivity index (χ3v) is 0.759. The molecule has 64 valence electrons. The van der Waals surface area contributed by atoms with E-state index in [9.17, 15) is 19.2 Å². The van der Waals surface area contributed by atoms with E-state index in [2.05, 4.69) is 0 Å². The summed E-state index contributed by atoms with van der Waals surface area (Å²) in [5.41, 5.74) is 0. The molecule has 13 heavy (non-hydrogen) atoms. The molecule has 0 rings (SSSR count). The van der Waals surface area contributed by atoms with Gasteiger partial charge in [-0.15, -0.1) is 0 Å². The number of ketones is 2. The summed E-state index contributed by atoms with van der Waals surface area (Å²) < 4.78 is 0. The monoisotopic (exact) mass is 208 g/mol. The second-order valence-electron chi connectivity index (χ2n) is 1.63. The van der Waals surface area contributed by atoms with Crippen LogP contribution in [-0.4, -0.2) is 33.7 Å². The Bertz CT molecular complexity index is 244. The van der Waals surface area contributed by atoms with Gasteiger partial charge in [-0.1, -0.05) is 0 Å². The molecule has 0 saturated heterocycles. The van der Waals surface area contributed by atoms with Gasteiger partial charge < -0.3 is 13.1 Å². The molecule has 0 spiro atoms. The number of aliphatic carboxylic acids is 2. The molecule has 0 radical (unpaired) electrons. The van der Waals surface area contributed by atoms with Crippen molar-refractivity contribution in [3.63, 3.8) is 0 Å². The predicted octanol–water partition coefficient (Wildman–Crippen LogP) is -7.08. The maximum Gasteiger partial charge on any atom is 1.00 e. The van der Waals surface area contributed by atoms with E-state index in [1.54, 1.807) is 0 Å². The first kappa shape index (κ1) is 18.9. The van der Waals surface area contributed by atoms with Gasteiger partial charge in [0.25, 0.3) is 0 Å². The van der Waals surface area contributed by atoms with Gasteiger partial charge in [0.05, 0.1) is 0 Å². The summed E-state index contributed by atoms with van der Waals surface area (Å²) in [4.78, 5) is 40.0. The van der Waals surface area contributed by atoms with Gasteiger partial charge in [0.2, 0.25) is 5.78 Å². The predicted molar refractivity (Wildman–Crippen MR) is 32.1 cm³/mol. The maximum atomic E-state index is 10.3. The van der Waals surface area contributed by atoms with Crippen molar-refractivity contribution in [1.29, 1.82) is 0 Å². The molecular formula is C5H6Na2O6. The number of rotatable bonds is 4. The van der Waals surface area contributed by atoms with Crippen molar-refractivity contribution in [3.05, 3.63) is 0 Å². The van der Waals surface area contributed by atoms with Gasteiger partial charge >= 0.3 is 76.8 Å². The number of hydrogen-bond donors (Lipinski definition) is 2. The number of hydrogen-bond acceptors (Lipinski definition) is 4. The van der Waals surface area contributed by atoms with E-state index in [0.29, 0.717) is 0 Å². The molecule has 8 heteroatoms. The van der Waals surface area contributed by atoms with E-state index in [4.69, 9.17) is 10.2 Å². The summed E-state index contributed by atoms with van der Waals surface area (Å²) >= 11 is 0. The Morgan fingerprint density at radius 2 is 1.38 bits per heavy atom. The molecule has 0 saturated carbocycles. The zero-order valence-corrected chi connectivity index (χ0v) is 11.2. The third kappa shape index (κ3) is 8.61. The van der Waals surface area contributed by atoms with Crippen LogP contribution in [0.1, 0.15) is 9.27 Å². The molecule has 0 aliphatic heterocycles. The van der Waals surface area contributed by atoms with E-state index in [0.717, 1.165) is 0 Å². The molecule has 0 amide bonds. The van der Waals surface area contributed by atoms with Crippen molar-refractivity contribution in [1.82, 2.24) is 0 Å². The third-order valence-electron chi connectivity index (χ3n) is 0.759. The van der Waals surface area contributed by atoms with Crippen LogP contribution in [0.2, 0.25) is 0 Å². The summed E-state index contributed by atoms with van der Waals surface area (Å²) in [7, 11) is 0. The van der Waals surface area contributed by atoms with E-state index in [-0.39, 0.29) is 62.0 Å². The SMILES string of the molecule is O=C(O)CC(=O)C(=O)C(=O)O.[H-].[H-].[Na+].[Na+]. The van der Waals surface area contributed by atoms with Crippen molar-refractivity contribution >= 4 is 23.5 Å². The van der Waals surface area contributed by atoms with Gasteiger partial charge in [-0.2, -0.15) is 0 Å². The van der Waals surface area contributed by atoms with Crippen LogP contribution in [0.4, 0.5) is 0 Å². The van der Waals surface area contributed by atoms with Crippen LogP contribution in [0.25, 0.3) is 0 Å². The topological polar surface area (TPSA) is 109 Å². The second-order valence-corrected chi connectivity index (χ2v) is 1.63. The first-order valence-corrected chi connectivity index (χ1v) is 2.47. The normalized spacial score (nSPS) is 7.38. The molecule has 2 N–H and O–H groups in total. The minimum absolute atomic E-state index is 0. The Labute approximate surface area is 120 Å². The van der Waals surface area contributed by atoms with Crippen molar-refractivity contribution < 1.29 is 91.4 Å². The molecule has 0 bridgehead atoms. The maximum absolute atomic E-state index is 10.3.